The lowest BCUT2D eigenvalue weighted by Gasteiger charge is -2.39. The average Bonchev–Trinajstić information content (AvgIpc) is 2.71. The summed E-state index contributed by atoms with van der Waals surface area (Å²) in [5, 5.41) is 4.10. The highest BCUT2D eigenvalue weighted by Gasteiger charge is 2.60. The van der Waals surface area contributed by atoms with E-state index in [0.29, 0.717) is 34.0 Å². The van der Waals surface area contributed by atoms with Gasteiger partial charge in [0.15, 0.2) is 0 Å². The standard InChI is InChI=1S/C17H23ClFN/c1-16(2)11-7-8-17(16,3)15(9-11)20-10-12-13(18)5-4-6-14(12)19/h4-6,11,15,20H,7-10H2,1-3H3. The van der Waals surface area contributed by atoms with Gasteiger partial charge >= 0.3 is 0 Å². The van der Waals surface area contributed by atoms with Crippen molar-refractivity contribution in [1.82, 2.24) is 5.32 Å². The molecule has 1 aromatic carbocycles. The number of hydrogen-bond donors (Lipinski definition) is 1. The molecule has 2 aliphatic rings. The Bertz CT molecular complexity index is 507. The van der Waals surface area contributed by atoms with E-state index >= 15 is 0 Å². The fourth-order valence-corrected chi connectivity index (χ4v) is 4.67. The van der Waals surface area contributed by atoms with Gasteiger partial charge in [-0.1, -0.05) is 38.4 Å². The predicted molar refractivity (Wildman–Crippen MR) is 81.3 cm³/mol. The van der Waals surface area contributed by atoms with Crippen LogP contribution in [-0.4, -0.2) is 6.04 Å². The lowest BCUT2D eigenvalue weighted by atomic mass is 9.69. The molecule has 2 aliphatic carbocycles. The monoisotopic (exact) mass is 295 g/mol. The van der Waals surface area contributed by atoms with Crippen LogP contribution in [0.15, 0.2) is 18.2 Å². The van der Waals surface area contributed by atoms with Crippen LogP contribution in [0.5, 0.6) is 0 Å². The highest BCUT2D eigenvalue weighted by atomic mass is 35.5. The molecular formula is C17H23ClFN. The van der Waals surface area contributed by atoms with Gasteiger partial charge in [-0.15, -0.1) is 0 Å². The minimum Gasteiger partial charge on any atom is -0.309 e. The first-order chi connectivity index (χ1) is 9.36. The largest absolute Gasteiger partial charge is 0.309 e. The molecule has 0 aliphatic heterocycles. The Morgan fingerprint density at radius 2 is 2.10 bits per heavy atom. The highest BCUT2D eigenvalue weighted by molar-refractivity contribution is 6.31. The number of benzene rings is 1. The second-order valence-electron chi connectivity index (χ2n) is 7.24. The van der Waals surface area contributed by atoms with Crippen molar-refractivity contribution in [1.29, 1.82) is 0 Å². The van der Waals surface area contributed by atoms with Crippen LogP contribution >= 0.6 is 11.6 Å². The van der Waals surface area contributed by atoms with Crippen LogP contribution in [0.4, 0.5) is 4.39 Å². The number of hydrogen-bond acceptors (Lipinski definition) is 1. The molecule has 3 atom stereocenters. The van der Waals surface area contributed by atoms with Gasteiger partial charge in [0, 0.05) is 23.2 Å². The molecule has 0 aromatic heterocycles. The van der Waals surface area contributed by atoms with E-state index in [9.17, 15) is 4.39 Å². The first kappa shape index (κ1) is 14.3. The first-order valence-corrected chi connectivity index (χ1v) is 7.90. The van der Waals surface area contributed by atoms with E-state index in [0.717, 1.165) is 5.92 Å². The third-order valence-corrected chi connectivity index (χ3v) is 6.74. The Labute approximate surface area is 125 Å². The molecule has 1 N–H and O–H groups in total. The van der Waals surface area contributed by atoms with Gasteiger partial charge < -0.3 is 5.32 Å². The lowest BCUT2D eigenvalue weighted by Crippen LogP contribution is -2.44. The van der Waals surface area contributed by atoms with Crippen LogP contribution < -0.4 is 5.32 Å². The minimum absolute atomic E-state index is 0.211. The zero-order valence-electron chi connectivity index (χ0n) is 12.5. The molecule has 0 heterocycles. The van der Waals surface area contributed by atoms with Gasteiger partial charge in [0.1, 0.15) is 5.82 Å². The fourth-order valence-electron chi connectivity index (χ4n) is 4.44. The molecule has 3 rings (SSSR count). The second kappa shape index (κ2) is 4.71. The van der Waals surface area contributed by atoms with Crippen LogP contribution in [0.25, 0.3) is 0 Å². The first-order valence-electron chi connectivity index (χ1n) is 7.52. The Morgan fingerprint density at radius 1 is 1.35 bits per heavy atom. The van der Waals surface area contributed by atoms with Gasteiger partial charge in [-0.05, 0) is 48.1 Å². The SMILES string of the molecule is CC1(C)C2CCC1(C)C(NCc1c(F)cccc1Cl)C2. The molecule has 3 heteroatoms. The zero-order valence-corrected chi connectivity index (χ0v) is 13.2. The summed E-state index contributed by atoms with van der Waals surface area (Å²) in [5.74, 6) is 0.582. The van der Waals surface area contributed by atoms with Crippen LogP contribution in [0.1, 0.15) is 45.6 Å². The van der Waals surface area contributed by atoms with E-state index in [1.165, 1.54) is 25.3 Å². The molecule has 1 aromatic rings. The molecule has 20 heavy (non-hydrogen) atoms. The van der Waals surface area contributed by atoms with Crippen LogP contribution in [0.2, 0.25) is 5.02 Å². The van der Waals surface area contributed by atoms with Crippen molar-refractivity contribution in [3.8, 4) is 0 Å². The van der Waals surface area contributed by atoms with Gasteiger partial charge in [-0.25, -0.2) is 4.39 Å². The summed E-state index contributed by atoms with van der Waals surface area (Å²) in [6.45, 7) is 7.69. The van der Waals surface area contributed by atoms with Crippen molar-refractivity contribution < 1.29 is 4.39 Å². The van der Waals surface area contributed by atoms with E-state index in [4.69, 9.17) is 11.6 Å². The maximum absolute atomic E-state index is 13.8. The van der Waals surface area contributed by atoms with Gasteiger partial charge in [-0.3, -0.25) is 0 Å². The Kier molecular flexibility index (Phi) is 3.38. The molecule has 2 fully saturated rings. The Morgan fingerprint density at radius 3 is 2.65 bits per heavy atom. The molecule has 3 unspecified atom stereocenters. The predicted octanol–water partition coefficient (Wildman–Crippen LogP) is 4.78. The highest BCUT2D eigenvalue weighted by Crippen LogP contribution is 2.65. The van der Waals surface area contributed by atoms with Crippen LogP contribution in [0.3, 0.4) is 0 Å². The maximum atomic E-state index is 13.8. The van der Waals surface area contributed by atoms with E-state index < -0.39 is 0 Å². The normalized spacial score (nSPS) is 34.6. The summed E-state index contributed by atoms with van der Waals surface area (Å²) in [7, 11) is 0. The summed E-state index contributed by atoms with van der Waals surface area (Å²) >= 11 is 6.10. The molecule has 0 spiro atoms. The van der Waals surface area contributed by atoms with Crippen molar-refractivity contribution in [3.05, 3.63) is 34.6 Å². The molecule has 1 nitrogen and oxygen atoms in total. The summed E-state index contributed by atoms with van der Waals surface area (Å²) in [4.78, 5) is 0. The topological polar surface area (TPSA) is 12.0 Å². The summed E-state index contributed by atoms with van der Waals surface area (Å²) in [6, 6.07) is 5.36. The molecule has 2 saturated carbocycles. The summed E-state index contributed by atoms with van der Waals surface area (Å²) in [6.07, 6.45) is 3.81. The Balaban J connectivity index is 1.75. The Hall–Kier alpha value is -0.600. The van der Waals surface area contributed by atoms with Crippen molar-refractivity contribution >= 4 is 11.6 Å². The molecule has 0 amide bonds. The molecule has 0 radical (unpaired) electrons. The quantitative estimate of drug-likeness (QED) is 0.846. The minimum atomic E-state index is -0.211. The van der Waals surface area contributed by atoms with Gasteiger partial charge in [0.2, 0.25) is 0 Å². The zero-order chi connectivity index (χ0) is 14.5. The summed E-state index contributed by atoms with van der Waals surface area (Å²) < 4.78 is 13.8. The second-order valence-corrected chi connectivity index (χ2v) is 7.65. The van der Waals surface area contributed by atoms with E-state index in [-0.39, 0.29) is 5.82 Å². The third kappa shape index (κ3) is 1.92. The smallest absolute Gasteiger partial charge is 0.129 e. The van der Waals surface area contributed by atoms with Gasteiger partial charge in [-0.2, -0.15) is 0 Å². The maximum Gasteiger partial charge on any atom is 0.129 e. The van der Waals surface area contributed by atoms with Crippen molar-refractivity contribution in [2.24, 2.45) is 16.7 Å². The number of rotatable bonds is 3. The van der Waals surface area contributed by atoms with Crippen molar-refractivity contribution in [3.63, 3.8) is 0 Å². The third-order valence-electron chi connectivity index (χ3n) is 6.38. The lowest BCUT2D eigenvalue weighted by molar-refractivity contribution is 0.120. The molecule has 0 saturated heterocycles. The molecule has 2 bridgehead atoms. The van der Waals surface area contributed by atoms with Crippen molar-refractivity contribution in [2.75, 3.05) is 0 Å². The number of fused-ring (bicyclic) bond motifs is 2. The van der Waals surface area contributed by atoms with E-state index in [1.807, 2.05) is 0 Å². The van der Waals surface area contributed by atoms with Crippen LogP contribution in [-0.2, 0) is 6.54 Å². The van der Waals surface area contributed by atoms with Gasteiger partial charge in [0.25, 0.3) is 0 Å². The van der Waals surface area contributed by atoms with E-state index in [2.05, 4.69) is 26.1 Å². The van der Waals surface area contributed by atoms with E-state index in [1.54, 1.807) is 12.1 Å². The number of nitrogens with one attached hydrogen (secondary N) is 1. The fraction of sp³-hybridized carbons (Fsp3) is 0.647. The molecule has 110 valence electrons. The molecular weight excluding hydrogens is 273 g/mol. The van der Waals surface area contributed by atoms with Crippen molar-refractivity contribution in [2.45, 2.75) is 52.6 Å². The average molecular weight is 296 g/mol. The summed E-state index contributed by atoms with van der Waals surface area (Å²) in [5.41, 5.74) is 1.29. The number of halogens is 2. The van der Waals surface area contributed by atoms with Crippen LogP contribution in [0, 0.1) is 22.6 Å². The van der Waals surface area contributed by atoms with Gasteiger partial charge in [0.05, 0.1) is 0 Å².